The summed E-state index contributed by atoms with van der Waals surface area (Å²) in [6.07, 6.45) is 3.03. The predicted molar refractivity (Wildman–Crippen MR) is 51.3 cm³/mol. The highest BCUT2D eigenvalue weighted by atomic mass is 32.1. The molecule has 0 saturated heterocycles. The summed E-state index contributed by atoms with van der Waals surface area (Å²) in [5.74, 6) is 0. The SMILES string of the molecule is OB(O)c1cnn(-c2cccs2)c1. The van der Waals surface area contributed by atoms with Crippen LogP contribution >= 0.6 is 11.3 Å². The number of thiophene rings is 1. The van der Waals surface area contributed by atoms with Gasteiger partial charge in [0.15, 0.2) is 0 Å². The molecule has 66 valence electrons. The Labute approximate surface area is 79.2 Å². The molecule has 0 bridgehead atoms. The lowest BCUT2D eigenvalue weighted by Crippen LogP contribution is -2.28. The lowest BCUT2D eigenvalue weighted by atomic mass is 9.83. The van der Waals surface area contributed by atoms with Gasteiger partial charge in [-0.2, -0.15) is 5.10 Å². The smallest absolute Gasteiger partial charge is 0.423 e. The highest BCUT2D eigenvalue weighted by Gasteiger charge is 2.13. The van der Waals surface area contributed by atoms with E-state index in [4.69, 9.17) is 10.0 Å². The topological polar surface area (TPSA) is 58.3 Å². The van der Waals surface area contributed by atoms with Crippen molar-refractivity contribution in [2.45, 2.75) is 0 Å². The maximum absolute atomic E-state index is 8.84. The fourth-order valence-corrected chi connectivity index (χ4v) is 1.65. The van der Waals surface area contributed by atoms with Gasteiger partial charge in [0.1, 0.15) is 5.00 Å². The van der Waals surface area contributed by atoms with Crippen LogP contribution in [0.1, 0.15) is 0 Å². The van der Waals surface area contributed by atoms with Crippen LogP contribution in [0.5, 0.6) is 0 Å². The molecule has 4 nitrogen and oxygen atoms in total. The maximum Gasteiger partial charge on any atom is 0.491 e. The van der Waals surface area contributed by atoms with Crippen LogP contribution in [0, 0.1) is 0 Å². The normalized spacial score (nSPS) is 10.3. The van der Waals surface area contributed by atoms with Gasteiger partial charge in [-0.15, -0.1) is 11.3 Å². The molecular formula is C7H7BN2O2S. The summed E-state index contributed by atoms with van der Waals surface area (Å²) < 4.78 is 1.61. The van der Waals surface area contributed by atoms with Crippen LogP contribution in [0.4, 0.5) is 0 Å². The minimum absolute atomic E-state index is 0.397. The van der Waals surface area contributed by atoms with Crippen molar-refractivity contribution in [3.05, 3.63) is 29.9 Å². The maximum atomic E-state index is 8.84. The quantitative estimate of drug-likeness (QED) is 0.640. The van der Waals surface area contributed by atoms with Gasteiger partial charge in [0, 0.05) is 17.9 Å². The second-order valence-corrected chi connectivity index (χ2v) is 3.47. The summed E-state index contributed by atoms with van der Waals surface area (Å²) in [5.41, 5.74) is 0.397. The predicted octanol–water partition coefficient (Wildman–Crippen LogP) is -0.386. The molecule has 0 spiro atoms. The first kappa shape index (κ1) is 8.49. The highest BCUT2D eigenvalue weighted by molar-refractivity contribution is 7.12. The Morgan fingerprint density at radius 1 is 1.46 bits per heavy atom. The molecule has 0 atom stereocenters. The molecule has 0 aliphatic heterocycles. The second-order valence-electron chi connectivity index (χ2n) is 2.54. The van der Waals surface area contributed by atoms with E-state index in [1.54, 1.807) is 10.9 Å². The van der Waals surface area contributed by atoms with Crippen molar-refractivity contribution in [2.24, 2.45) is 0 Å². The molecule has 0 amide bonds. The van der Waals surface area contributed by atoms with Crippen LogP contribution in [0.2, 0.25) is 0 Å². The zero-order valence-corrected chi connectivity index (χ0v) is 7.48. The minimum atomic E-state index is -1.45. The Bertz CT molecular complexity index is 385. The van der Waals surface area contributed by atoms with E-state index in [0.29, 0.717) is 5.46 Å². The molecule has 0 radical (unpaired) electrons. The summed E-state index contributed by atoms with van der Waals surface area (Å²) in [6.45, 7) is 0. The van der Waals surface area contributed by atoms with Gasteiger partial charge >= 0.3 is 7.12 Å². The van der Waals surface area contributed by atoms with Gasteiger partial charge in [-0.05, 0) is 17.5 Å². The molecule has 6 heteroatoms. The molecule has 2 aromatic rings. The summed E-state index contributed by atoms with van der Waals surface area (Å²) in [4.78, 5) is 0. The number of hydrogen-bond acceptors (Lipinski definition) is 4. The first-order valence-electron chi connectivity index (χ1n) is 3.72. The lowest BCUT2D eigenvalue weighted by molar-refractivity contribution is 0.426. The molecule has 0 aliphatic rings. The third-order valence-electron chi connectivity index (χ3n) is 1.63. The summed E-state index contributed by atoms with van der Waals surface area (Å²) in [7, 11) is -1.45. The Hall–Kier alpha value is -1.11. The summed E-state index contributed by atoms with van der Waals surface area (Å²) in [5, 5.41) is 24.6. The van der Waals surface area contributed by atoms with Crippen molar-refractivity contribution in [2.75, 3.05) is 0 Å². The van der Waals surface area contributed by atoms with Gasteiger partial charge in [-0.1, -0.05) is 0 Å². The third-order valence-corrected chi connectivity index (χ3v) is 2.49. The van der Waals surface area contributed by atoms with E-state index in [-0.39, 0.29) is 0 Å². The third kappa shape index (κ3) is 1.64. The highest BCUT2D eigenvalue weighted by Crippen LogP contribution is 2.12. The number of aromatic nitrogens is 2. The van der Waals surface area contributed by atoms with Crippen LogP contribution in [0.25, 0.3) is 5.00 Å². The second kappa shape index (κ2) is 3.33. The molecule has 0 unspecified atom stereocenters. The Morgan fingerprint density at radius 2 is 2.31 bits per heavy atom. The molecule has 0 fully saturated rings. The van der Waals surface area contributed by atoms with Gasteiger partial charge < -0.3 is 10.0 Å². The van der Waals surface area contributed by atoms with Gasteiger partial charge in [0.05, 0.1) is 0 Å². The zero-order valence-electron chi connectivity index (χ0n) is 6.66. The van der Waals surface area contributed by atoms with Crippen LogP contribution in [-0.4, -0.2) is 26.9 Å². The molecule has 2 heterocycles. The van der Waals surface area contributed by atoms with Crippen molar-refractivity contribution in [1.29, 1.82) is 0 Å². The number of rotatable bonds is 2. The molecule has 2 rings (SSSR count). The van der Waals surface area contributed by atoms with Crippen molar-refractivity contribution in [3.63, 3.8) is 0 Å². The summed E-state index contributed by atoms with van der Waals surface area (Å²) >= 11 is 1.54. The van der Waals surface area contributed by atoms with Crippen LogP contribution in [-0.2, 0) is 0 Å². The van der Waals surface area contributed by atoms with E-state index in [1.165, 1.54) is 17.5 Å². The fraction of sp³-hybridized carbons (Fsp3) is 0. The van der Waals surface area contributed by atoms with E-state index in [2.05, 4.69) is 5.10 Å². The fourth-order valence-electron chi connectivity index (χ4n) is 0.991. The lowest BCUT2D eigenvalue weighted by Gasteiger charge is -1.93. The Kier molecular flexibility index (Phi) is 2.18. The van der Waals surface area contributed by atoms with Crippen LogP contribution < -0.4 is 5.46 Å². The van der Waals surface area contributed by atoms with Gasteiger partial charge in [-0.3, -0.25) is 0 Å². The van der Waals surface area contributed by atoms with E-state index < -0.39 is 7.12 Å². The molecule has 13 heavy (non-hydrogen) atoms. The monoisotopic (exact) mass is 194 g/mol. The van der Waals surface area contributed by atoms with E-state index in [1.807, 2.05) is 17.5 Å². The first-order valence-corrected chi connectivity index (χ1v) is 4.60. The average Bonchev–Trinajstić information content (AvgIpc) is 2.75. The van der Waals surface area contributed by atoms with Crippen molar-refractivity contribution >= 4 is 23.9 Å². The Morgan fingerprint density at radius 3 is 2.85 bits per heavy atom. The van der Waals surface area contributed by atoms with Gasteiger partial charge in [-0.25, -0.2) is 4.68 Å². The molecule has 2 N–H and O–H groups in total. The summed E-state index contributed by atoms with van der Waals surface area (Å²) in [6, 6.07) is 3.82. The number of nitrogens with zero attached hydrogens (tertiary/aromatic N) is 2. The average molecular weight is 194 g/mol. The van der Waals surface area contributed by atoms with Crippen LogP contribution in [0.15, 0.2) is 29.9 Å². The van der Waals surface area contributed by atoms with E-state index in [0.717, 1.165) is 5.00 Å². The largest absolute Gasteiger partial charge is 0.491 e. The van der Waals surface area contributed by atoms with E-state index in [9.17, 15) is 0 Å². The van der Waals surface area contributed by atoms with Gasteiger partial charge in [0.2, 0.25) is 0 Å². The van der Waals surface area contributed by atoms with Crippen LogP contribution in [0.3, 0.4) is 0 Å². The molecule has 2 aromatic heterocycles. The molecule has 0 saturated carbocycles. The molecule has 0 aliphatic carbocycles. The standard InChI is InChI=1S/C7H7BN2O2S/c11-8(12)6-4-9-10(5-6)7-2-1-3-13-7/h1-5,11-12H. The van der Waals surface area contributed by atoms with Crippen molar-refractivity contribution in [3.8, 4) is 5.00 Å². The first-order chi connectivity index (χ1) is 6.27. The Balaban J connectivity index is 2.33. The van der Waals surface area contributed by atoms with E-state index >= 15 is 0 Å². The van der Waals surface area contributed by atoms with Crippen molar-refractivity contribution < 1.29 is 10.0 Å². The zero-order chi connectivity index (χ0) is 9.26. The van der Waals surface area contributed by atoms with Gasteiger partial charge in [0.25, 0.3) is 0 Å². The van der Waals surface area contributed by atoms with Crippen molar-refractivity contribution in [1.82, 2.24) is 9.78 Å². The molecule has 0 aromatic carbocycles. The molecular weight excluding hydrogens is 187 g/mol. The minimum Gasteiger partial charge on any atom is -0.423 e. The number of hydrogen-bond donors (Lipinski definition) is 2.